The molecule has 6 fully saturated rings. The molecule has 392 valence electrons. The van der Waals surface area contributed by atoms with Gasteiger partial charge in [0.15, 0.2) is 0 Å². The Balaban J connectivity index is 0.757. The smallest absolute Gasteiger partial charge is 0.310 e. The van der Waals surface area contributed by atoms with Crippen LogP contribution in [-0.2, 0) is 67.0 Å². The van der Waals surface area contributed by atoms with E-state index in [4.69, 9.17) is 9.47 Å². The molecule has 6 unspecified atom stereocenters. The van der Waals surface area contributed by atoms with E-state index in [-0.39, 0.29) is 176 Å². The van der Waals surface area contributed by atoms with Crippen molar-refractivity contribution < 1.29 is 67.0 Å². The molecule has 6 aliphatic heterocycles. The Hall–Kier alpha value is -5.66. The molecule has 6 aliphatic rings. The van der Waals surface area contributed by atoms with Crippen molar-refractivity contribution in [3.8, 4) is 0 Å². The van der Waals surface area contributed by atoms with Gasteiger partial charge < -0.3 is 60.1 Å². The minimum absolute atomic E-state index is 0.0357. The fourth-order valence-electron chi connectivity index (χ4n) is 9.64. The summed E-state index contributed by atoms with van der Waals surface area (Å²) in [5.41, 5.74) is 0. The highest BCUT2D eigenvalue weighted by atomic mass is 32.2. The number of nitrogens with zero attached hydrogens (tertiary/aromatic N) is 6. The summed E-state index contributed by atoms with van der Waals surface area (Å²) in [7, 11) is 2.54. The number of nitrogens with one attached hydrogen (secondary N) is 4. The number of methoxy groups -OCH3 is 2. The molecule has 0 aromatic heterocycles. The highest BCUT2D eigenvalue weighted by Gasteiger charge is 2.40. The first-order chi connectivity index (χ1) is 34.0. The zero-order valence-corrected chi connectivity index (χ0v) is 42.0. The number of thioether (sulfide) groups is 2. The Bertz CT molecular complexity index is 1930. The molecular formula is C45H66N10O14S2. The summed E-state index contributed by atoms with van der Waals surface area (Å²) >= 11 is 3.28. The third kappa shape index (κ3) is 15.2. The second kappa shape index (κ2) is 26.2. The highest BCUT2D eigenvalue weighted by Crippen LogP contribution is 2.24. The van der Waals surface area contributed by atoms with Gasteiger partial charge in [-0.3, -0.25) is 57.5 Å². The van der Waals surface area contributed by atoms with Crippen molar-refractivity contribution >= 4 is 94.5 Å². The number of carbonyl (C=O) groups excluding carboxylic acids is 12. The number of hydrogen-bond donors (Lipinski definition) is 4. The van der Waals surface area contributed by atoms with Gasteiger partial charge in [0, 0.05) is 160 Å². The van der Waals surface area contributed by atoms with Crippen LogP contribution in [0, 0.1) is 35.5 Å². The third-order valence-corrected chi connectivity index (χ3v) is 16.0. The van der Waals surface area contributed by atoms with Crippen molar-refractivity contribution in [3.63, 3.8) is 0 Å². The van der Waals surface area contributed by atoms with Crippen LogP contribution in [0.5, 0.6) is 0 Å². The molecule has 0 spiro atoms. The largest absolute Gasteiger partial charge is 0.469 e. The van der Waals surface area contributed by atoms with Gasteiger partial charge in [-0.05, 0) is 0 Å². The molecule has 4 N–H and O–H groups in total. The van der Waals surface area contributed by atoms with Crippen LogP contribution in [0.1, 0.15) is 38.5 Å². The lowest BCUT2D eigenvalue weighted by molar-refractivity contribution is -0.145. The van der Waals surface area contributed by atoms with E-state index in [2.05, 4.69) is 21.3 Å². The van der Waals surface area contributed by atoms with Gasteiger partial charge in [0.05, 0.1) is 49.7 Å². The van der Waals surface area contributed by atoms with E-state index >= 15 is 0 Å². The lowest BCUT2D eigenvalue weighted by Crippen LogP contribution is -2.40. The quantitative estimate of drug-likeness (QED) is 0.0369. The van der Waals surface area contributed by atoms with Crippen LogP contribution in [0.3, 0.4) is 0 Å². The molecule has 6 rings (SSSR count). The first kappa shape index (κ1) is 54.7. The van der Waals surface area contributed by atoms with Crippen LogP contribution < -0.4 is 21.3 Å². The van der Waals surface area contributed by atoms with Gasteiger partial charge in [0.25, 0.3) is 0 Å². The predicted molar refractivity (Wildman–Crippen MR) is 254 cm³/mol. The van der Waals surface area contributed by atoms with Gasteiger partial charge in [-0.15, -0.1) is 23.5 Å². The summed E-state index contributed by atoms with van der Waals surface area (Å²) in [4.78, 5) is 159. The SMILES string of the molecule is COC(=O)C1CC(=O)N(CCNC(=O)C2CC(=O)N(CCNC(=O)C3CC(=O)N(CCSCSCCN4CC(C(=O)NCCN5CC(C(=O)NCCN6CC(C(=O)OC)CC6=O)CC5=O)CC4=O)C3)C2)C1. The molecule has 71 heavy (non-hydrogen) atoms. The Morgan fingerprint density at radius 3 is 0.873 bits per heavy atom. The van der Waals surface area contributed by atoms with Crippen LogP contribution in [0.4, 0.5) is 0 Å². The number of amides is 10. The van der Waals surface area contributed by atoms with Gasteiger partial charge in [-0.25, -0.2) is 0 Å². The van der Waals surface area contributed by atoms with Gasteiger partial charge >= 0.3 is 11.9 Å². The molecule has 6 saturated heterocycles. The van der Waals surface area contributed by atoms with Crippen molar-refractivity contribution in [2.75, 3.05) is 136 Å². The first-order valence-corrected chi connectivity index (χ1v) is 26.4. The number of carbonyl (C=O) groups is 12. The summed E-state index contributed by atoms with van der Waals surface area (Å²) in [5.74, 6) is -4.88. The zero-order chi connectivity index (χ0) is 51.2. The lowest BCUT2D eigenvalue weighted by atomic mass is 10.1. The van der Waals surface area contributed by atoms with Crippen molar-refractivity contribution in [1.82, 2.24) is 50.7 Å². The van der Waals surface area contributed by atoms with Gasteiger partial charge in [-0.2, -0.15) is 0 Å². The fourth-order valence-corrected chi connectivity index (χ4v) is 11.8. The number of ether oxygens (including phenoxy) is 2. The number of rotatable bonds is 26. The predicted octanol–water partition coefficient (Wildman–Crippen LogP) is -3.69. The summed E-state index contributed by atoms with van der Waals surface area (Å²) in [6.45, 7) is 4.09. The summed E-state index contributed by atoms with van der Waals surface area (Å²) in [5, 5.41) is 11.9. The van der Waals surface area contributed by atoms with Crippen molar-refractivity contribution in [2.24, 2.45) is 35.5 Å². The topological polar surface area (TPSA) is 291 Å². The Morgan fingerprint density at radius 1 is 0.394 bits per heavy atom. The molecule has 0 saturated carbocycles. The van der Waals surface area contributed by atoms with E-state index in [0.717, 1.165) is 5.08 Å². The molecule has 6 heterocycles. The minimum Gasteiger partial charge on any atom is -0.469 e. The maximum Gasteiger partial charge on any atom is 0.310 e. The molecule has 0 aromatic rings. The van der Waals surface area contributed by atoms with Crippen molar-refractivity contribution in [2.45, 2.75) is 38.5 Å². The van der Waals surface area contributed by atoms with Crippen LogP contribution in [0.25, 0.3) is 0 Å². The molecule has 26 heteroatoms. The standard InChI is InChI=1S/C45H66N10O14S2/c1-68-44(66)32-19-38(60)52(25-32)9-5-48-40(62)28-15-34(56)50(21-28)7-3-46-42(64)30-17-36(58)54(23-30)11-13-70-27-71-14-12-55-24-31(18-37(55)59)43(65)47-4-8-51-22-29(16-35(51)57)41(63)49-6-10-53-26-33(20-39(53)61)45(67)69-2/h28-33H,3-27H2,1-2H3,(H,46,64)(H,47,65)(H,48,62)(H,49,63). The maximum atomic E-state index is 12.9. The average molecular weight is 1040 g/mol. The van der Waals surface area contributed by atoms with Crippen molar-refractivity contribution in [3.05, 3.63) is 0 Å². The molecule has 0 aliphatic carbocycles. The molecule has 0 radical (unpaired) electrons. The third-order valence-electron chi connectivity index (χ3n) is 13.7. The van der Waals surface area contributed by atoms with E-state index in [1.807, 2.05) is 0 Å². The monoisotopic (exact) mass is 1030 g/mol. The Labute approximate surface area is 420 Å². The molecular weight excluding hydrogens is 969 g/mol. The fraction of sp³-hybridized carbons (Fsp3) is 0.733. The molecule has 0 aromatic carbocycles. The number of esters is 2. The average Bonchev–Trinajstić information content (AvgIpc) is 4.22. The first-order valence-electron chi connectivity index (χ1n) is 24.1. The summed E-state index contributed by atoms with van der Waals surface area (Å²) in [6.07, 6.45) is 0.412. The lowest BCUT2D eigenvalue weighted by Gasteiger charge is -2.19. The van der Waals surface area contributed by atoms with Crippen LogP contribution >= 0.6 is 23.5 Å². The van der Waals surface area contributed by atoms with Gasteiger partial charge in [0.2, 0.25) is 59.1 Å². The maximum absolute atomic E-state index is 12.9. The van der Waals surface area contributed by atoms with Crippen LogP contribution in [0.15, 0.2) is 0 Å². The minimum atomic E-state index is -0.564. The second-order valence-electron chi connectivity index (χ2n) is 18.6. The van der Waals surface area contributed by atoms with E-state index in [1.54, 1.807) is 33.3 Å². The second-order valence-corrected chi connectivity index (χ2v) is 21.2. The van der Waals surface area contributed by atoms with E-state index < -0.39 is 47.4 Å². The van der Waals surface area contributed by atoms with Gasteiger partial charge in [0.1, 0.15) is 0 Å². The molecule has 6 atom stereocenters. The molecule has 0 bridgehead atoms. The Morgan fingerprint density at radius 2 is 0.620 bits per heavy atom. The van der Waals surface area contributed by atoms with Gasteiger partial charge in [-0.1, -0.05) is 0 Å². The number of hydrogen-bond acceptors (Lipinski definition) is 16. The highest BCUT2D eigenvalue weighted by molar-refractivity contribution is 8.16. The molecule has 10 amide bonds. The van der Waals surface area contributed by atoms with Crippen LogP contribution in [-0.4, -0.2) is 236 Å². The normalized spacial score (nSPS) is 24.4. The zero-order valence-electron chi connectivity index (χ0n) is 40.4. The molecule has 24 nitrogen and oxygen atoms in total. The summed E-state index contributed by atoms with van der Waals surface area (Å²) in [6, 6.07) is 0. The summed E-state index contributed by atoms with van der Waals surface area (Å²) < 4.78 is 9.43. The van der Waals surface area contributed by atoms with E-state index in [9.17, 15) is 57.5 Å². The Kier molecular flexibility index (Phi) is 20.1. The van der Waals surface area contributed by atoms with E-state index in [1.165, 1.54) is 33.8 Å². The van der Waals surface area contributed by atoms with Crippen LogP contribution in [0.2, 0.25) is 0 Å². The van der Waals surface area contributed by atoms with E-state index in [0.29, 0.717) is 37.7 Å². The van der Waals surface area contributed by atoms with Crippen molar-refractivity contribution in [1.29, 1.82) is 0 Å². The number of likely N-dealkylation sites (tertiary alicyclic amines) is 6.